The third-order valence-electron chi connectivity index (χ3n) is 3.63. The van der Waals surface area contributed by atoms with Crippen molar-refractivity contribution in [2.75, 3.05) is 13.2 Å². The van der Waals surface area contributed by atoms with Crippen molar-refractivity contribution in [2.24, 2.45) is 11.7 Å². The Balaban J connectivity index is 2.47. The van der Waals surface area contributed by atoms with Gasteiger partial charge in [-0.05, 0) is 30.9 Å². The van der Waals surface area contributed by atoms with E-state index in [-0.39, 0.29) is 6.04 Å². The third-order valence-corrected chi connectivity index (χ3v) is 3.63. The molecule has 2 N–H and O–H groups in total. The minimum Gasteiger partial charge on any atom is -0.379 e. The summed E-state index contributed by atoms with van der Waals surface area (Å²) in [5, 5.41) is 0. The highest BCUT2D eigenvalue weighted by Crippen LogP contribution is 2.18. The first-order valence-electron chi connectivity index (χ1n) is 6.98. The van der Waals surface area contributed by atoms with E-state index in [1.54, 1.807) is 0 Å². The lowest BCUT2D eigenvalue weighted by atomic mass is 10.0. The molecule has 102 valence electrons. The number of hydrogen-bond acceptors (Lipinski definition) is 2. The van der Waals surface area contributed by atoms with Crippen molar-refractivity contribution in [3.63, 3.8) is 0 Å². The Morgan fingerprint density at radius 2 is 1.78 bits per heavy atom. The Morgan fingerprint density at radius 1 is 1.11 bits per heavy atom. The van der Waals surface area contributed by atoms with E-state index in [0.29, 0.717) is 12.5 Å². The zero-order chi connectivity index (χ0) is 13.5. The van der Waals surface area contributed by atoms with Crippen LogP contribution in [-0.2, 0) is 4.74 Å². The van der Waals surface area contributed by atoms with Gasteiger partial charge in [-0.1, -0.05) is 50.5 Å². The van der Waals surface area contributed by atoms with Gasteiger partial charge in [-0.3, -0.25) is 0 Å². The van der Waals surface area contributed by atoms with Gasteiger partial charge in [0.2, 0.25) is 0 Å². The van der Waals surface area contributed by atoms with Gasteiger partial charge in [0, 0.05) is 6.61 Å². The maximum absolute atomic E-state index is 6.19. The molecule has 0 aliphatic carbocycles. The Hall–Kier alpha value is -0.860. The third kappa shape index (κ3) is 4.43. The average molecular weight is 249 g/mol. The van der Waals surface area contributed by atoms with Gasteiger partial charge in [0.05, 0.1) is 12.6 Å². The average Bonchev–Trinajstić information content (AvgIpc) is 2.34. The Bertz CT molecular complexity index is 358. The highest BCUT2D eigenvalue weighted by Gasteiger charge is 2.10. The standard InChI is InChI=1S/C16H27NO/c1-5-14(6-2)10-18-11-16(17)15-8-7-12(3)9-13(15)4/h7-9,14,16H,5-6,10-11,17H2,1-4H3. The van der Waals surface area contributed by atoms with Crippen LogP contribution in [0.4, 0.5) is 0 Å². The van der Waals surface area contributed by atoms with Crippen molar-refractivity contribution in [2.45, 2.75) is 46.6 Å². The number of nitrogens with two attached hydrogens (primary N) is 1. The van der Waals surface area contributed by atoms with E-state index in [1.807, 2.05) is 0 Å². The highest BCUT2D eigenvalue weighted by molar-refractivity contribution is 5.32. The van der Waals surface area contributed by atoms with E-state index < -0.39 is 0 Å². The van der Waals surface area contributed by atoms with Gasteiger partial charge in [0.1, 0.15) is 0 Å². The van der Waals surface area contributed by atoms with Gasteiger partial charge in [-0.2, -0.15) is 0 Å². The van der Waals surface area contributed by atoms with Gasteiger partial charge in [-0.25, -0.2) is 0 Å². The first-order valence-corrected chi connectivity index (χ1v) is 6.98. The monoisotopic (exact) mass is 249 g/mol. The van der Waals surface area contributed by atoms with Crippen molar-refractivity contribution in [3.05, 3.63) is 34.9 Å². The fraction of sp³-hybridized carbons (Fsp3) is 0.625. The SMILES string of the molecule is CCC(CC)COCC(N)c1ccc(C)cc1C. The molecule has 0 saturated carbocycles. The van der Waals surface area contributed by atoms with Crippen LogP contribution in [0.25, 0.3) is 0 Å². The molecular formula is C16H27NO. The smallest absolute Gasteiger partial charge is 0.0659 e. The van der Waals surface area contributed by atoms with Crippen molar-refractivity contribution < 1.29 is 4.74 Å². The van der Waals surface area contributed by atoms with E-state index in [0.717, 1.165) is 6.61 Å². The Labute approximate surface area is 112 Å². The van der Waals surface area contributed by atoms with E-state index >= 15 is 0 Å². The first kappa shape index (κ1) is 15.2. The zero-order valence-electron chi connectivity index (χ0n) is 12.2. The summed E-state index contributed by atoms with van der Waals surface area (Å²) in [5.41, 5.74) is 9.93. The molecule has 0 aliphatic heterocycles. The highest BCUT2D eigenvalue weighted by atomic mass is 16.5. The molecule has 2 heteroatoms. The van der Waals surface area contributed by atoms with E-state index in [1.165, 1.54) is 29.5 Å². The number of benzene rings is 1. The van der Waals surface area contributed by atoms with Crippen LogP contribution in [-0.4, -0.2) is 13.2 Å². The lowest BCUT2D eigenvalue weighted by molar-refractivity contribution is 0.0859. The van der Waals surface area contributed by atoms with Crippen LogP contribution in [0.2, 0.25) is 0 Å². The van der Waals surface area contributed by atoms with Gasteiger partial charge < -0.3 is 10.5 Å². The number of hydrogen-bond donors (Lipinski definition) is 1. The topological polar surface area (TPSA) is 35.2 Å². The fourth-order valence-corrected chi connectivity index (χ4v) is 2.22. The molecule has 0 aliphatic rings. The minimum atomic E-state index is -0.0139. The molecule has 0 aromatic heterocycles. The summed E-state index contributed by atoms with van der Waals surface area (Å²) in [6.45, 7) is 10.1. The van der Waals surface area contributed by atoms with E-state index in [4.69, 9.17) is 10.5 Å². The van der Waals surface area contributed by atoms with Crippen LogP contribution in [0.15, 0.2) is 18.2 Å². The second kappa shape index (κ2) is 7.55. The molecule has 1 aromatic carbocycles. The maximum Gasteiger partial charge on any atom is 0.0659 e. The molecule has 1 aromatic rings. The number of ether oxygens (including phenoxy) is 1. The molecule has 18 heavy (non-hydrogen) atoms. The summed E-state index contributed by atoms with van der Waals surface area (Å²) in [4.78, 5) is 0. The number of rotatable bonds is 7. The largest absolute Gasteiger partial charge is 0.379 e. The summed E-state index contributed by atoms with van der Waals surface area (Å²) in [6.07, 6.45) is 2.35. The quantitative estimate of drug-likeness (QED) is 0.798. The van der Waals surface area contributed by atoms with Crippen molar-refractivity contribution in [1.29, 1.82) is 0 Å². The summed E-state index contributed by atoms with van der Waals surface area (Å²) in [5.74, 6) is 0.663. The van der Waals surface area contributed by atoms with Gasteiger partial charge in [0.15, 0.2) is 0 Å². The molecule has 0 saturated heterocycles. The minimum absolute atomic E-state index is 0.0139. The summed E-state index contributed by atoms with van der Waals surface area (Å²) < 4.78 is 5.75. The molecule has 0 radical (unpaired) electrons. The van der Waals surface area contributed by atoms with Crippen LogP contribution in [0, 0.1) is 19.8 Å². The molecule has 1 atom stereocenters. The molecule has 0 heterocycles. The number of aryl methyl sites for hydroxylation is 2. The van der Waals surface area contributed by atoms with Crippen LogP contribution in [0.3, 0.4) is 0 Å². The normalized spacial score (nSPS) is 13.0. The maximum atomic E-state index is 6.19. The van der Waals surface area contributed by atoms with Crippen LogP contribution in [0.1, 0.15) is 49.4 Å². The Morgan fingerprint density at radius 3 is 2.33 bits per heavy atom. The molecule has 0 bridgehead atoms. The van der Waals surface area contributed by atoms with Gasteiger partial charge in [-0.15, -0.1) is 0 Å². The second-order valence-corrected chi connectivity index (χ2v) is 5.19. The van der Waals surface area contributed by atoms with E-state index in [2.05, 4.69) is 45.9 Å². The Kier molecular flexibility index (Phi) is 6.37. The predicted molar refractivity (Wildman–Crippen MR) is 77.7 cm³/mol. The lowest BCUT2D eigenvalue weighted by Gasteiger charge is -2.18. The van der Waals surface area contributed by atoms with E-state index in [9.17, 15) is 0 Å². The van der Waals surface area contributed by atoms with Gasteiger partial charge >= 0.3 is 0 Å². The molecule has 0 amide bonds. The van der Waals surface area contributed by atoms with Crippen LogP contribution >= 0.6 is 0 Å². The summed E-state index contributed by atoms with van der Waals surface area (Å²) in [6, 6.07) is 6.40. The molecule has 2 nitrogen and oxygen atoms in total. The van der Waals surface area contributed by atoms with Crippen LogP contribution < -0.4 is 5.73 Å². The lowest BCUT2D eigenvalue weighted by Crippen LogP contribution is -2.20. The molecule has 0 spiro atoms. The summed E-state index contributed by atoms with van der Waals surface area (Å²) in [7, 11) is 0. The predicted octanol–water partition coefficient (Wildman–Crippen LogP) is 3.76. The second-order valence-electron chi connectivity index (χ2n) is 5.19. The molecule has 1 rings (SSSR count). The molecule has 1 unspecified atom stereocenters. The van der Waals surface area contributed by atoms with Crippen LogP contribution in [0.5, 0.6) is 0 Å². The van der Waals surface area contributed by atoms with Crippen molar-refractivity contribution in [3.8, 4) is 0 Å². The van der Waals surface area contributed by atoms with Crippen molar-refractivity contribution in [1.82, 2.24) is 0 Å². The molecular weight excluding hydrogens is 222 g/mol. The zero-order valence-corrected chi connectivity index (χ0v) is 12.2. The molecule has 0 fully saturated rings. The summed E-state index contributed by atoms with van der Waals surface area (Å²) >= 11 is 0. The van der Waals surface area contributed by atoms with Crippen molar-refractivity contribution >= 4 is 0 Å². The van der Waals surface area contributed by atoms with Gasteiger partial charge in [0.25, 0.3) is 0 Å². The fourth-order valence-electron chi connectivity index (χ4n) is 2.22. The first-order chi connectivity index (χ1) is 8.58.